The first-order chi connectivity index (χ1) is 6.61. The molecule has 76 valence electrons. The molecule has 0 fully saturated rings. The van der Waals surface area contributed by atoms with Gasteiger partial charge in [-0.1, -0.05) is 32.0 Å². The zero-order chi connectivity index (χ0) is 10.6. The average Bonchev–Trinajstić information content (AvgIpc) is 2.18. The van der Waals surface area contributed by atoms with Crippen LogP contribution in [0.25, 0.3) is 0 Å². The Kier molecular flexibility index (Phi) is 3.65. The number of carbonyl (C=O) groups is 1. The maximum atomic E-state index is 11.4. The van der Waals surface area contributed by atoms with Crippen molar-refractivity contribution in [1.29, 1.82) is 0 Å². The Morgan fingerprint density at radius 2 is 1.86 bits per heavy atom. The van der Waals surface area contributed by atoms with E-state index in [2.05, 4.69) is 0 Å². The minimum absolute atomic E-state index is 0.0891. The van der Waals surface area contributed by atoms with Crippen molar-refractivity contribution in [3.05, 3.63) is 30.3 Å². The molecule has 0 amide bonds. The maximum Gasteiger partial charge on any atom is 0.328 e. The molecule has 0 aliphatic heterocycles. The highest BCUT2D eigenvalue weighted by Gasteiger charge is 2.19. The van der Waals surface area contributed by atoms with E-state index in [1.807, 2.05) is 32.0 Å². The summed E-state index contributed by atoms with van der Waals surface area (Å²) in [5.41, 5.74) is 5.63. The number of para-hydroxylation sites is 1. The van der Waals surface area contributed by atoms with Crippen molar-refractivity contribution in [2.75, 3.05) is 0 Å². The molecule has 3 nitrogen and oxygen atoms in total. The lowest BCUT2D eigenvalue weighted by atomic mass is 10.1. The Morgan fingerprint density at radius 3 is 2.36 bits per heavy atom. The quantitative estimate of drug-likeness (QED) is 0.585. The minimum atomic E-state index is -0.560. The summed E-state index contributed by atoms with van der Waals surface area (Å²) in [5, 5.41) is 0. The number of esters is 1. The van der Waals surface area contributed by atoms with Crippen LogP contribution in [0.4, 0.5) is 0 Å². The third kappa shape index (κ3) is 2.85. The SMILES string of the molecule is CC(C)C(N)C(=O)Oc1ccccc1. The first-order valence-corrected chi connectivity index (χ1v) is 4.63. The van der Waals surface area contributed by atoms with Gasteiger partial charge < -0.3 is 10.5 Å². The van der Waals surface area contributed by atoms with Gasteiger partial charge in [0.1, 0.15) is 11.8 Å². The van der Waals surface area contributed by atoms with Crippen molar-refractivity contribution in [3.63, 3.8) is 0 Å². The maximum absolute atomic E-state index is 11.4. The molecule has 0 aliphatic rings. The van der Waals surface area contributed by atoms with E-state index >= 15 is 0 Å². The summed E-state index contributed by atoms with van der Waals surface area (Å²) in [7, 11) is 0. The highest BCUT2D eigenvalue weighted by molar-refractivity contribution is 5.78. The Hall–Kier alpha value is -1.35. The summed E-state index contributed by atoms with van der Waals surface area (Å²) in [4.78, 5) is 11.4. The molecule has 1 atom stereocenters. The lowest BCUT2D eigenvalue weighted by Crippen LogP contribution is -2.38. The topological polar surface area (TPSA) is 52.3 Å². The number of rotatable bonds is 3. The molecule has 0 aliphatic carbocycles. The lowest BCUT2D eigenvalue weighted by Gasteiger charge is -2.13. The normalized spacial score (nSPS) is 12.6. The Morgan fingerprint density at radius 1 is 1.29 bits per heavy atom. The molecule has 0 saturated heterocycles. The van der Waals surface area contributed by atoms with Crippen LogP contribution in [0.3, 0.4) is 0 Å². The van der Waals surface area contributed by atoms with E-state index in [0.29, 0.717) is 5.75 Å². The predicted molar refractivity (Wildman–Crippen MR) is 54.9 cm³/mol. The Bertz CT molecular complexity index is 295. The van der Waals surface area contributed by atoms with Crippen LogP contribution in [0.15, 0.2) is 30.3 Å². The van der Waals surface area contributed by atoms with Gasteiger partial charge in [-0.25, -0.2) is 4.79 Å². The first-order valence-electron chi connectivity index (χ1n) is 4.63. The standard InChI is InChI=1S/C11H15NO2/c1-8(2)10(12)11(13)14-9-6-4-3-5-7-9/h3-8,10H,12H2,1-2H3. The summed E-state index contributed by atoms with van der Waals surface area (Å²) in [6, 6.07) is 8.37. The molecule has 1 aromatic rings. The van der Waals surface area contributed by atoms with E-state index < -0.39 is 6.04 Å². The molecule has 1 rings (SSSR count). The monoisotopic (exact) mass is 193 g/mol. The Balaban J connectivity index is 2.58. The first kappa shape index (κ1) is 10.7. The summed E-state index contributed by atoms with van der Waals surface area (Å²) in [6.45, 7) is 3.77. The molecule has 14 heavy (non-hydrogen) atoms. The van der Waals surface area contributed by atoms with Crippen molar-refractivity contribution in [2.24, 2.45) is 11.7 Å². The second-order valence-corrected chi connectivity index (χ2v) is 3.50. The zero-order valence-corrected chi connectivity index (χ0v) is 8.44. The van der Waals surface area contributed by atoms with Crippen LogP contribution in [0.2, 0.25) is 0 Å². The summed E-state index contributed by atoms with van der Waals surface area (Å²) < 4.78 is 5.07. The van der Waals surface area contributed by atoms with Crippen LogP contribution in [-0.4, -0.2) is 12.0 Å². The molecule has 2 N–H and O–H groups in total. The molecule has 0 heterocycles. The second-order valence-electron chi connectivity index (χ2n) is 3.50. The molecular weight excluding hydrogens is 178 g/mol. The van der Waals surface area contributed by atoms with Crippen molar-refractivity contribution in [1.82, 2.24) is 0 Å². The predicted octanol–water partition coefficient (Wildman–Crippen LogP) is 1.58. The van der Waals surface area contributed by atoms with Crippen molar-refractivity contribution < 1.29 is 9.53 Å². The molecular formula is C11H15NO2. The fourth-order valence-electron chi connectivity index (χ4n) is 0.945. The van der Waals surface area contributed by atoms with E-state index in [1.165, 1.54) is 0 Å². The van der Waals surface area contributed by atoms with Crippen LogP contribution in [0, 0.1) is 5.92 Å². The van der Waals surface area contributed by atoms with Gasteiger partial charge in [-0.05, 0) is 18.1 Å². The van der Waals surface area contributed by atoms with Crippen LogP contribution >= 0.6 is 0 Å². The van der Waals surface area contributed by atoms with Crippen molar-refractivity contribution >= 4 is 5.97 Å². The van der Waals surface area contributed by atoms with Crippen LogP contribution in [0.1, 0.15) is 13.8 Å². The molecule has 1 aromatic carbocycles. The van der Waals surface area contributed by atoms with E-state index in [0.717, 1.165) is 0 Å². The fraction of sp³-hybridized carbons (Fsp3) is 0.364. The number of carbonyl (C=O) groups excluding carboxylic acids is 1. The molecule has 0 aromatic heterocycles. The van der Waals surface area contributed by atoms with Gasteiger partial charge in [-0.2, -0.15) is 0 Å². The van der Waals surface area contributed by atoms with Crippen LogP contribution < -0.4 is 10.5 Å². The molecule has 0 radical (unpaired) electrons. The summed E-state index contributed by atoms with van der Waals surface area (Å²) in [6.07, 6.45) is 0. The van der Waals surface area contributed by atoms with Gasteiger partial charge in [-0.3, -0.25) is 0 Å². The number of nitrogens with two attached hydrogens (primary N) is 1. The van der Waals surface area contributed by atoms with Gasteiger partial charge in [0, 0.05) is 0 Å². The van der Waals surface area contributed by atoms with E-state index in [9.17, 15) is 4.79 Å². The Labute approximate surface area is 83.9 Å². The molecule has 3 heteroatoms. The summed E-state index contributed by atoms with van der Waals surface area (Å²) in [5.74, 6) is 0.242. The third-order valence-electron chi connectivity index (χ3n) is 1.95. The number of hydrogen-bond acceptors (Lipinski definition) is 3. The second kappa shape index (κ2) is 4.77. The summed E-state index contributed by atoms with van der Waals surface area (Å²) >= 11 is 0. The highest BCUT2D eigenvalue weighted by Crippen LogP contribution is 2.10. The highest BCUT2D eigenvalue weighted by atomic mass is 16.5. The zero-order valence-electron chi connectivity index (χ0n) is 8.44. The van der Waals surface area contributed by atoms with E-state index in [-0.39, 0.29) is 11.9 Å². The van der Waals surface area contributed by atoms with Gasteiger partial charge in [-0.15, -0.1) is 0 Å². The van der Waals surface area contributed by atoms with Crippen LogP contribution in [0.5, 0.6) is 5.75 Å². The molecule has 0 bridgehead atoms. The number of benzene rings is 1. The third-order valence-corrected chi connectivity index (χ3v) is 1.95. The largest absolute Gasteiger partial charge is 0.425 e. The molecule has 0 spiro atoms. The van der Waals surface area contributed by atoms with E-state index in [4.69, 9.17) is 10.5 Å². The van der Waals surface area contributed by atoms with Crippen molar-refractivity contribution in [2.45, 2.75) is 19.9 Å². The van der Waals surface area contributed by atoms with Gasteiger partial charge in [0.2, 0.25) is 0 Å². The van der Waals surface area contributed by atoms with E-state index in [1.54, 1.807) is 12.1 Å². The molecule has 0 saturated carbocycles. The molecule has 1 unspecified atom stereocenters. The van der Waals surface area contributed by atoms with Crippen molar-refractivity contribution in [3.8, 4) is 5.75 Å². The average molecular weight is 193 g/mol. The van der Waals surface area contributed by atoms with Gasteiger partial charge in [0.05, 0.1) is 0 Å². The lowest BCUT2D eigenvalue weighted by molar-refractivity contribution is -0.136. The fourth-order valence-corrected chi connectivity index (χ4v) is 0.945. The smallest absolute Gasteiger partial charge is 0.328 e. The van der Waals surface area contributed by atoms with Crippen LogP contribution in [-0.2, 0) is 4.79 Å². The minimum Gasteiger partial charge on any atom is -0.425 e. The number of hydrogen-bond donors (Lipinski definition) is 1. The van der Waals surface area contributed by atoms with Gasteiger partial charge in [0.25, 0.3) is 0 Å². The van der Waals surface area contributed by atoms with Gasteiger partial charge in [0.15, 0.2) is 0 Å². The van der Waals surface area contributed by atoms with Gasteiger partial charge >= 0.3 is 5.97 Å². The number of ether oxygens (including phenoxy) is 1.